The lowest BCUT2D eigenvalue weighted by atomic mass is 10.0. The van der Waals surface area contributed by atoms with Crippen molar-refractivity contribution in [1.82, 2.24) is 10.3 Å². The summed E-state index contributed by atoms with van der Waals surface area (Å²) in [6.07, 6.45) is -4.64. The molecule has 218 valence electrons. The van der Waals surface area contributed by atoms with Crippen molar-refractivity contribution in [2.24, 2.45) is 0 Å². The molecule has 1 unspecified atom stereocenters. The number of carbonyl (C=O) groups is 2. The topological polar surface area (TPSA) is 102 Å². The molecule has 0 radical (unpaired) electrons. The van der Waals surface area contributed by atoms with Crippen LogP contribution in [0.1, 0.15) is 21.6 Å². The summed E-state index contributed by atoms with van der Waals surface area (Å²) in [5.74, 6) is -2.56. The van der Waals surface area contributed by atoms with Crippen molar-refractivity contribution >= 4 is 11.9 Å². The first kappa shape index (κ1) is 29.3. The molecule has 0 aliphatic carbocycles. The first-order chi connectivity index (χ1) is 20.7. The quantitative estimate of drug-likeness (QED) is 0.181. The Kier molecular flexibility index (Phi) is 8.68. The fourth-order valence-electron chi connectivity index (χ4n) is 4.34. The molecule has 4 aromatic carbocycles. The molecule has 5 rings (SSSR count). The molecule has 1 aromatic heterocycles. The van der Waals surface area contributed by atoms with Gasteiger partial charge in [-0.2, -0.15) is 13.2 Å². The number of oxazole rings is 1. The van der Waals surface area contributed by atoms with E-state index in [1.54, 1.807) is 24.3 Å². The first-order valence-corrected chi connectivity index (χ1v) is 13.2. The normalized spacial score (nSPS) is 12.1. The van der Waals surface area contributed by atoms with Gasteiger partial charge in [0.1, 0.15) is 0 Å². The summed E-state index contributed by atoms with van der Waals surface area (Å²) in [6, 6.07) is 28.5. The van der Waals surface area contributed by atoms with E-state index in [0.717, 1.165) is 28.8 Å². The maximum atomic E-state index is 13.5. The van der Waals surface area contributed by atoms with E-state index in [4.69, 9.17) is 9.15 Å². The molecule has 2 N–H and O–H groups in total. The molecule has 0 saturated carbocycles. The Hall–Kier alpha value is -5.22. The number of carbonyl (C=O) groups excluding carboxylic acids is 1. The van der Waals surface area contributed by atoms with E-state index in [0.29, 0.717) is 5.56 Å². The number of nitrogens with one attached hydrogen (secondary N) is 1. The van der Waals surface area contributed by atoms with Gasteiger partial charge in [-0.05, 0) is 41.0 Å². The number of ether oxygens (including phenoxy) is 1. The standard InChI is InChI=1S/C33H25F3N2O5/c34-33(35,36)26-13-7-12-25(18-26)29-28(30(39)37-27(32(40)41)20-42-19-21-8-3-1-4-9-21)38-31(43-29)24-16-14-23(15-17-24)22-10-5-2-6-11-22/h1-18,27H,19-20H2,(H,37,39)(H,40,41). The van der Waals surface area contributed by atoms with Crippen LogP contribution in [0.25, 0.3) is 33.9 Å². The van der Waals surface area contributed by atoms with E-state index in [2.05, 4.69) is 10.3 Å². The van der Waals surface area contributed by atoms with Gasteiger partial charge in [0, 0.05) is 11.1 Å². The molecule has 0 spiro atoms. The fourth-order valence-corrected chi connectivity index (χ4v) is 4.34. The highest BCUT2D eigenvalue weighted by atomic mass is 19.4. The average Bonchev–Trinajstić information content (AvgIpc) is 3.47. The number of carboxylic acids is 1. The molecule has 7 nitrogen and oxygen atoms in total. The molecule has 0 bridgehead atoms. The third-order valence-corrected chi connectivity index (χ3v) is 6.53. The Morgan fingerprint density at radius 2 is 1.42 bits per heavy atom. The van der Waals surface area contributed by atoms with E-state index in [1.165, 1.54) is 12.1 Å². The van der Waals surface area contributed by atoms with E-state index in [9.17, 15) is 27.9 Å². The number of hydrogen-bond acceptors (Lipinski definition) is 5. The maximum absolute atomic E-state index is 13.5. The Balaban J connectivity index is 1.45. The largest absolute Gasteiger partial charge is 0.480 e. The summed E-state index contributed by atoms with van der Waals surface area (Å²) < 4.78 is 51.9. The second-order valence-corrected chi connectivity index (χ2v) is 9.58. The van der Waals surface area contributed by atoms with E-state index < -0.39 is 29.7 Å². The van der Waals surface area contributed by atoms with Crippen LogP contribution in [0.15, 0.2) is 114 Å². The summed E-state index contributed by atoms with van der Waals surface area (Å²) in [5, 5.41) is 12.1. The number of amides is 1. The minimum Gasteiger partial charge on any atom is -0.480 e. The molecule has 5 aromatic rings. The third kappa shape index (κ3) is 7.17. The van der Waals surface area contributed by atoms with Gasteiger partial charge in [-0.1, -0.05) is 84.9 Å². The lowest BCUT2D eigenvalue weighted by Crippen LogP contribution is -2.44. The number of hydrogen-bond donors (Lipinski definition) is 2. The number of carboxylic acid groups (broad SMARTS) is 1. The monoisotopic (exact) mass is 586 g/mol. The minimum absolute atomic E-state index is 0.0237. The van der Waals surface area contributed by atoms with Crippen molar-refractivity contribution in [3.63, 3.8) is 0 Å². The molecule has 1 atom stereocenters. The van der Waals surface area contributed by atoms with Crippen LogP contribution in [0, 0.1) is 0 Å². The van der Waals surface area contributed by atoms with Crippen LogP contribution in [0.3, 0.4) is 0 Å². The molecule has 1 heterocycles. The summed E-state index contributed by atoms with van der Waals surface area (Å²) >= 11 is 0. The number of rotatable bonds is 10. The Bertz CT molecular complexity index is 1700. The lowest BCUT2D eigenvalue weighted by molar-refractivity contribution is -0.141. The van der Waals surface area contributed by atoms with Gasteiger partial charge in [0.05, 0.1) is 18.8 Å². The van der Waals surface area contributed by atoms with E-state index in [1.807, 2.05) is 60.7 Å². The summed E-state index contributed by atoms with van der Waals surface area (Å²) in [5.41, 5.74) is 1.80. The van der Waals surface area contributed by atoms with Crippen LogP contribution in [-0.4, -0.2) is 34.6 Å². The highest BCUT2D eigenvalue weighted by Gasteiger charge is 2.32. The van der Waals surface area contributed by atoms with Crippen LogP contribution < -0.4 is 5.32 Å². The van der Waals surface area contributed by atoms with Crippen LogP contribution in [-0.2, 0) is 22.3 Å². The van der Waals surface area contributed by atoms with Gasteiger partial charge in [0.25, 0.3) is 5.91 Å². The Labute approximate surface area is 244 Å². The van der Waals surface area contributed by atoms with Crippen molar-refractivity contribution < 1.29 is 37.0 Å². The van der Waals surface area contributed by atoms with Gasteiger partial charge >= 0.3 is 12.1 Å². The number of halogens is 3. The first-order valence-electron chi connectivity index (χ1n) is 13.2. The Morgan fingerprint density at radius 3 is 2.07 bits per heavy atom. The molecular formula is C33H25F3N2O5. The minimum atomic E-state index is -4.64. The fraction of sp³-hybridized carbons (Fsp3) is 0.121. The molecule has 0 fully saturated rings. The second kappa shape index (κ2) is 12.7. The highest BCUT2D eigenvalue weighted by Crippen LogP contribution is 2.35. The zero-order chi connectivity index (χ0) is 30.4. The van der Waals surface area contributed by atoms with Gasteiger partial charge < -0.3 is 19.6 Å². The molecule has 0 aliphatic rings. The molecule has 1 amide bonds. The number of alkyl halides is 3. The molecule has 43 heavy (non-hydrogen) atoms. The zero-order valence-electron chi connectivity index (χ0n) is 22.5. The molecular weight excluding hydrogens is 561 g/mol. The number of nitrogens with zero attached hydrogens (tertiary/aromatic N) is 1. The smallest absolute Gasteiger partial charge is 0.416 e. The third-order valence-electron chi connectivity index (χ3n) is 6.53. The number of aromatic nitrogens is 1. The summed E-state index contributed by atoms with van der Waals surface area (Å²) in [6.45, 7) is -0.246. The van der Waals surface area contributed by atoms with Gasteiger partial charge in [-0.3, -0.25) is 4.79 Å². The lowest BCUT2D eigenvalue weighted by Gasteiger charge is -2.14. The van der Waals surface area contributed by atoms with Gasteiger partial charge in [0.15, 0.2) is 17.5 Å². The predicted octanol–water partition coefficient (Wildman–Crippen LogP) is 7.09. The molecule has 0 saturated heterocycles. The summed E-state index contributed by atoms with van der Waals surface area (Å²) in [4.78, 5) is 29.6. The van der Waals surface area contributed by atoms with Crippen molar-refractivity contribution in [2.75, 3.05) is 6.61 Å². The predicted molar refractivity (Wildman–Crippen MR) is 153 cm³/mol. The van der Waals surface area contributed by atoms with Gasteiger partial charge in [0.2, 0.25) is 5.89 Å². The molecule has 0 aliphatic heterocycles. The Morgan fingerprint density at radius 1 is 0.814 bits per heavy atom. The van der Waals surface area contributed by atoms with E-state index >= 15 is 0 Å². The zero-order valence-corrected chi connectivity index (χ0v) is 22.5. The summed E-state index contributed by atoms with van der Waals surface area (Å²) in [7, 11) is 0. The number of aliphatic carboxylic acids is 1. The molecule has 10 heteroatoms. The van der Waals surface area contributed by atoms with Crippen molar-refractivity contribution in [3.05, 3.63) is 126 Å². The van der Waals surface area contributed by atoms with Gasteiger partial charge in [-0.25, -0.2) is 9.78 Å². The van der Waals surface area contributed by atoms with Crippen molar-refractivity contribution in [2.45, 2.75) is 18.8 Å². The highest BCUT2D eigenvalue weighted by molar-refractivity contribution is 6.00. The van der Waals surface area contributed by atoms with Gasteiger partial charge in [-0.15, -0.1) is 0 Å². The van der Waals surface area contributed by atoms with E-state index in [-0.39, 0.29) is 36.1 Å². The second-order valence-electron chi connectivity index (χ2n) is 9.58. The van der Waals surface area contributed by atoms with Crippen molar-refractivity contribution in [1.29, 1.82) is 0 Å². The van der Waals surface area contributed by atoms with Crippen LogP contribution in [0.5, 0.6) is 0 Å². The van der Waals surface area contributed by atoms with Crippen molar-refractivity contribution in [3.8, 4) is 33.9 Å². The van der Waals surface area contributed by atoms with Crippen LogP contribution in [0.2, 0.25) is 0 Å². The SMILES string of the molecule is O=C(NC(COCc1ccccc1)C(=O)O)c1nc(-c2ccc(-c3ccccc3)cc2)oc1-c1cccc(C(F)(F)F)c1. The average molecular weight is 587 g/mol. The van der Waals surface area contributed by atoms with Crippen LogP contribution >= 0.6 is 0 Å². The van der Waals surface area contributed by atoms with Crippen LogP contribution in [0.4, 0.5) is 13.2 Å². The maximum Gasteiger partial charge on any atom is 0.416 e. The number of benzene rings is 4.